The molecule has 0 aromatic heterocycles. The molecule has 0 bridgehead atoms. The van der Waals surface area contributed by atoms with Crippen molar-refractivity contribution in [3.8, 4) is 0 Å². The maximum atomic E-state index is 12.0. The molecule has 3 N–H and O–H groups in total. The van der Waals surface area contributed by atoms with Crippen molar-refractivity contribution in [3.63, 3.8) is 0 Å². The van der Waals surface area contributed by atoms with Gasteiger partial charge < -0.3 is 16.0 Å². The van der Waals surface area contributed by atoms with E-state index in [1.165, 1.54) is 11.3 Å². The summed E-state index contributed by atoms with van der Waals surface area (Å²) >= 11 is 0. The molecule has 1 aromatic rings. The molecule has 0 heterocycles. The van der Waals surface area contributed by atoms with E-state index in [9.17, 15) is 4.79 Å². The van der Waals surface area contributed by atoms with Crippen molar-refractivity contribution in [2.45, 2.75) is 31.7 Å². The number of amides is 1. The Morgan fingerprint density at radius 3 is 2.55 bits per heavy atom. The van der Waals surface area contributed by atoms with Crippen molar-refractivity contribution in [3.05, 3.63) is 29.8 Å². The van der Waals surface area contributed by atoms with Crippen LogP contribution in [0.5, 0.6) is 0 Å². The number of nitrogens with two attached hydrogens (primary N) is 1. The fourth-order valence-electron chi connectivity index (χ4n) is 2.69. The lowest BCUT2D eigenvalue weighted by atomic mass is 10.1. The number of nitrogens with zero attached hydrogens (tertiary/aromatic N) is 1. The first-order valence-electron chi connectivity index (χ1n) is 7.36. The van der Waals surface area contributed by atoms with E-state index in [1.54, 1.807) is 0 Å². The van der Waals surface area contributed by atoms with E-state index in [0.29, 0.717) is 6.54 Å². The van der Waals surface area contributed by atoms with Crippen LogP contribution >= 0.6 is 0 Å². The zero-order valence-corrected chi connectivity index (χ0v) is 12.4. The first kappa shape index (κ1) is 14.9. The highest BCUT2D eigenvalue weighted by Crippen LogP contribution is 2.23. The quantitative estimate of drug-likeness (QED) is 0.857. The smallest absolute Gasteiger partial charge is 0.223 e. The molecule has 2 rings (SSSR count). The molecule has 0 unspecified atom stereocenters. The van der Waals surface area contributed by atoms with Crippen LogP contribution in [0.15, 0.2) is 24.3 Å². The second-order valence-corrected chi connectivity index (χ2v) is 5.87. The van der Waals surface area contributed by atoms with Crippen LogP contribution in [-0.2, 0) is 11.2 Å². The summed E-state index contributed by atoms with van der Waals surface area (Å²) in [6, 6.07) is 8.66. The molecule has 0 spiro atoms. The van der Waals surface area contributed by atoms with Gasteiger partial charge in [-0.3, -0.25) is 4.79 Å². The molecule has 1 aromatic carbocycles. The number of hydrogen-bond donors (Lipinski definition) is 2. The third-order valence-electron chi connectivity index (χ3n) is 4.01. The van der Waals surface area contributed by atoms with Gasteiger partial charge in [0.1, 0.15) is 0 Å². The molecule has 20 heavy (non-hydrogen) atoms. The Morgan fingerprint density at radius 2 is 2.00 bits per heavy atom. The molecule has 0 radical (unpaired) electrons. The molecule has 4 nitrogen and oxygen atoms in total. The second-order valence-electron chi connectivity index (χ2n) is 5.87. The summed E-state index contributed by atoms with van der Waals surface area (Å²) in [5.74, 6) is 0.295. The van der Waals surface area contributed by atoms with Gasteiger partial charge in [-0.1, -0.05) is 12.1 Å². The largest absolute Gasteiger partial charge is 0.378 e. The summed E-state index contributed by atoms with van der Waals surface area (Å²) in [5, 5.41) is 3.03. The van der Waals surface area contributed by atoms with Gasteiger partial charge >= 0.3 is 0 Å². The third-order valence-corrected chi connectivity index (χ3v) is 4.01. The van der Waals surface area contributed by atoms with Crippen LogP contribution in [0, 0.1) is 5.92 Å². The van der Waals surface area contributed by atoms with Crippen LogP contribution in [0.25, 0.3) is 0 Å². The topological polar surface area (TPSA) is 58.4 Å². The van der Waals surface area contributed by atoms with Gasteiger partial charge in [-0.25, -0.2) is 0 Å². The third kappa shape index (κ3) is 3.97. The van der Waals surface area contributed by atoms with Gasteiger partial charge in [-0.05, 0) is 43.4 Å². The Labute approximate surface area is 121 Å². The maximum Gasteiger partial charge on any atom is 0.223 e. The van der Waals surface area contributed by atoms with Crippen LogP contribution in [0.3, 0.4) is 0 Å². The number of rotatable bonds is 5. The van der Waals surface area contributed by atoms with Crippen LogP contribution < -0.4 is 16.0 Å². The number of carbonyl (C=O) groups is 1. The van der Waals surface area contributed by atoms with Gasteiger partial charge in [0.2, 0.25) is 5.91 Å². The van der Waals surface area contributed by atoms with Crippen molar-refractivity contribution in [2.75, 3.05) is 25.5 Å². The summed E-state index contributed by atoms with van der Waals surface area (Å²) < 4.78 is 0. The minimum atomic E-state index is 0.126. The molecule has 1 fully saturated rings. The lowest BCUT2D eigenvalue weighted by Crippen LogP contribution is -2.31. The Morgan fingerprint density at radius 1 is 1.30 bits per heavy atom. The molecule has 1 aliphatic rings. The minimum absolute atomic E-state index is 0.126. The standard InChI is InChI=1S/C16H25N3O/c1-19(2)15-7-3-12(4-8-15)9-10-18-16(20)13-5-6-14(17)11-13/h3-4,7-8,13-14H,5-6,9-11,17H2,1-2H3,(H,18,20)/t13-,14+/m0/s1. The highest BCUT2D eigenvalue weighted by atomic mass is 16.1. The lowest BCUT2D eigenvalue weighted by molar-refractivity contribution is -0.124. The van der Waals surface area contributed by atoms with Gasteiger partial charge in [0.15, 0.2) is 0 Å². The minimum Gasteiger partial charge on any atom is -0.378 e. The lowest BCUT2D eigenvalue weighted by Gasteiger charge is -2.13. The zero-order chi connectivity index (χ0) is 14.5. The van der Waals surface area contributed by atoms with Crippen LogP contribution in [0.1, 0.15) is 24.8 Å². The molecule has 2 atom stereocenters. The fourth-order valence-corrected chi connectivity index (χ4v) is 2.69. The fraction of sp³-hybridized carbons (Fsp3) is 0.562. The molecule has 0 aliphatic heterocycles. The van der Waals surface area contributed by atoms with Crippen molar-refractivity contribution in [2.24, 2.45) is 11.7 Å². The first-order valence-corrected chi connectivity index (χ1v) is 7.36. The van der Waals surface area contributed by atoms with Crippen molar-refractivity contribution in [1.82, 2.24) is 5.32 Å². The molecule has 110 valence electrons. The number of carbonyl (C=O) groups excluding carboxylic acids is 1. The van der Waals surface area contributed by atoms with Gasteiger partial charge in [0.25, 0.3) is 0 Å². The van der Waals surface area contributed by atoms with Crippen molar-refractivity contribution in [1.29, 1.82) is 0 Å². The predicted molar refractivity (Wildman–Crippen MR) is 82.8 cm³/mol. The molecular weight excluding hydrogens is 250 g/mol. The molecule has 1 amide bonds. The van der Waals surface area contributed by atoms with Gasteiger partial charge in [-0.2, -0.15) is 0 Å². The van der Waals surface area contributed by atoms with E-state index in [1.807, 2.05) is 14.1 Å². The number of benzene rings is 1. The average Bonchev–Trinajstić information content (AvgIpc) is 2.86. The SMILES string of the molecule is CN(C)c1ccc(CCNC(=O)[C@H]2CC[C@@H](N)C2)cc1. The maximum absolute atomic E-state index is 12.0. The number of hydrogen-bond acceptors (Lipinski definition) is 3. The van der Waals surface area contributed by atoms with Crippen LogP contribution in [0.4, 0.5) is 5.69 Å². The molecule has 1 saturated carbocycles. The second kappa shape index (κ2) is 6.75. The van der Waals surface area contributed by atoms with Gasteiger partial charge in [-0.15, -0.1) is 0 Å². The van der Waals surface area contributed by atoms with Crippen molar-refractivity contribution >= 4 is 11.6 Å². The van der Waals surface area contributed by atoms with Crippen LogP contribution in [0.2, 0.25) is 0 Å². The van der Waals surface area contributed by atoms with Gasteiger partial charge in [0, 0.05) is 38.3 Å². The zero-order valence-electron chi connectivity index (χ0n) is 12.4. The van der Waals surface area contributed by atoms with E-state index in [4.69, 9.17) is 5.73 Å². The first-order chi connectivity index (χ1) is 9.56. The summed E-state index contributed by atoms with van der Waals surface area (Å²) in [4.78, 5) is 14.0. The monoisotopic (exact) mass is 275 g/mol. The van der Waals surface area contributed by atoms with Gasteiger partial charge in [0.05, 0.1) is 0 Å². The molecule has 0 saturated heterocycles. The summed E-state index contributed by atoms with van der Waals surface area (Å²) in [6.45, 7) is 0.700. The molecule has 1 aliphatic carbocycles. The summed E-state index contributed by atoms with van der Waals surface area (Å²) in [5.41, 5.74) is 8.28. The molecule has 4 heteroatoms. The molecular formula is C16H25N3O. The average molecular weight is 275 g/mol. The Kier molecular flexibility index (Phi) is 5.01. The Balaban J connectivity index is 1.74. The Hall–Kier alpha value is -1.55. The van der Waals surface area contributed by atoms with E-state index in [2.05, 4.69) is 34.5 Å². The van der Waals surface area contributed by atoms with Crippen LogP contribution in [-0.4, -0.2) is 32.6 Å². The summed E-state index contributed by atoms with van der Waals surface area (Å²) in [6.07, 6.45) is 3.62. The highest BCUT2D eigenvalue weighted by molar-refractivity contribution is 5.79. The van der Waals surface area contributed by atoms with E-state index >= 15 is 0 Å². The normalized spacial score (nSPS) is 21.8. The van der Waals surface area contributed by atoms with E-state index < -0.39 is 0 Å². The predicted octanol–water partition coefficient (Wildman–Crippen LogP) is 1.54. The number of nitrogens with one attached hydrogen (secondary N) is 1. The van der Waals surface area contributed by atoms with E-state index in [0.717, 1.165) is 25.7 Å². The highest BCUT2D eigenvalue weighted by Gasteiger charge is 2.27. The van der Waals surface area contributed by atoms with E-state index in [-0.39, 0.29) is 17.9 Å². The summed E-state index contributed by atoms with van der Waals surface area (Å²) in [7, 11) is 4.06. The Bertz CT molecular complexity index is 442. The number of anilines is 1. The van der Waals surface area contributed by atoms with Crippen molar-refractivity contribution < 1.29 is 4.79 Å².